The average molecular weight is 341 g/mol. The first-order chi connectivity index (χ1) is 8.90. The van der Waals surface area contributed by atoms with E-state index in [9.17, 15) is 8.42 Å². The van der Waals surface area contributed by atoms with Crippen LogP contribution in [0.4, 0.5) is 5.69 Å². The van der Waals surface area contributed by atoms with Crippen molar-refractivity contribution in [3.63, 3.8) is 0 Å². The smallest absolute Gasteiger partial charge is 0.262 e. The first-order valence-corrected chi connectivity index (χ1v) is 7.87. The first-order valence-electron chi connectivity index (χ1n) is 5.60. The topological polar surface area (TPSA) is 59.1 Å². The summed E-state index contributed by atoms with van der Waals surface area (Å²) in [6.07, 6.45) is 3.06. The quantitative estimate of drug-likeness (QED) is 0.932. The van der Waals surface area contributed by atoms with Gasteiger partial charge in [0.05, 0.1) is 16.8 Å². The Hall–Kier alpha value is -1.40. The number of rotatable bonds is 3. The molecule has 0 atom stereocenters. The summed E-state index contributed by atoms with van der Waals surface area (Å²) in [4.78, 5) is 4.16. The van der Waals surface area contributed by atoms with Crippen LogP contribution in [0, 0.1) is 13.8 Å². The highest BCUT2D eigenvalue weighted by atomic mass is 79.9. The molecule has 0 aliphatic carbocycles. The van der Waals surface area contributed by atoms with E-state index in [0.29, 0.717) is 11.3 Å². The molecular weight excluding hydrogens is 328 g/mol. The molecule has 100 valence electrons. The zero-order valence-electron chi connectivity index (χ0n) is 10.5. The summed E-state index contributed by atoms with van der Waals surface area (Å²) in [5.74, 6) is 0. The lowest BCUT2D eigenvalue weighted by Crippen LogP contribution is -2.14. The minimum absolute atomic E-state index is 0.275. The highest BCUT2D eigenvalue weighted by Crippen LogP contribution is 2.25. The molecule has 6 heteroatoms. The minimum Gasteiger partial charge on any atom is -0.278 e. The van der Waals surface area contributed by atoms with Crippen molar-refractivity contribution in [2.24, 2.45) is 0 Å². The van der Waals surface area contributed by atoms with Gasteiger partial charge in [-0.05, 0) is 49.2 Å². The average Bonchev–Trinajstić information content (AvgIpc) is 2.34. The predicted molar refractivity (Wildman–Crippen MR) is 78.7 cm³/mol. The minimum atomic E-state index is -3.59. The molecule has 19 heavy (non-hydrogen) atoms. The lowest BCUT2D eigenvalue weighted by Gasteiger charge is -2.11. The van der Waals surface area contributed by atoms with Gasteiger partial charge in [0, 0.05) is 10.7 Å². The lowest BCUT2D eigenvalue weighted by molar-refractivity contribution is 0.600. The summed E-state index contributed by atoms with van der Waals surface area (Å²) in [6.45, 7) is 3.62. The third-order valence-electron chi connectivity index (χ3n) is 2.66. The predicted octanol–water partition coefficient (Wildman–Crippen LogP) is 3.26. The van der Waals surface area contributed by atoms with Crippen molar-refractivity contribution >= 4 is 31.6 Å². The number of benzene rings is 1. The largest absolute Gasteiger partial charge is 0.278 e. The summed E-state index contributed by atoms with van der Waals surface area (Å²) in [5.41, 5.74) is 2.01. The molecule has 4 nitrogen and oxygen atoms in total. The highest BCUT2D eigenvalue weighted by Gasteiger charge is 2.18. The zero-order chi connectivity index (χ0) is 14.0. The number of hydrogen-bond acceptors (Lipinski definition) is 3. The van der Waals surface area contributed by atoms with Gasteiger partial charge in [-0.3, -0.25) is 9.71 Å². The molecule has 0 saturated carbocycles. The van der Waals surface area contributed by atoms with Gasteiger partial charge in [-0.2, -0.15) is 0 Å². The monoisotopic (exact) mass is 340 g/mol. The van der Waals surface area contributed by atoms with E-state index in [2.05, 4.69) is 25.6 Å². The summed E-state index contributed by atoms with van der Waals surface area (Å²) in [5, 5.41) is 0. The molecule has 2 aromatic rings. The van der Waals surface area contributed by atoms with Gasteiger partial charge < -0.3 is 0 Å². The van der Waals surface area contributed by atoms with Crippen molar-refractivity contribution in [3.8, 4) is 0 Å². The number of halogens is 1. The molecule has 0 amide bonds. The number of aryl methyl sites for hydroxylation is 2. The molecule has 1 aromatic carbocycles. The summed E-state index contributed by atoms with van der Waals surface area (Å²) in [7, 11) is -3.59. The van der Waals surface area contributed by atoms with Gasteiger partial charge in [-0.15, -0.1) is 0 Å². The molecule has 0 saturated heterocycles. The van der Waals surface area contributed by atoms with Crippen LogP contribution in [-0.2, 0) is 10.0 Å². The standard InChI is InChI=1S/C13H13BrN2O2S/c1-9-7-13(10(2)6-12(9)14)19(17,18)16-11-4-3-5-15-8-11/h3-8,16H,1-2H3. The van der Waals surface area contributed by atoms with Gasteiger partial charge in [0.1, 0.15) is 0 Å². The van der Waals surface area contributed by atoms with Gasteiger partial charge in [0.15, 0.2) is 0 Å². The maximum Gasteiger partial charge on any atom is 0.262 e. The molecule has 0 unspecified atom stereocenters. The van der Waals surface area contributed by atoms with Crippen LogP contribution in [0.5, 0.6) is 0 Å². The van der Waals surface area contributed by atoms with Crippen molar-refractivity contribution in [1.29, 1.82) is 0 Å². The van der Waals surface area contributed by atoms with Crippen molar-refractivity contribution in [1.82, 2.24) is 4.98 Å². The normalized spacial score (nSPS) is 11.3. The Balaban J connectivity index is 2.43. The number of nitrogens with zero attached hydrogens (tertiary/aromatic N) is 1. The van der Waals surface area contributed by atoms with Gasteiger partial charge in [-0.25, -0.2) is 8.42 Å². The molecule has 0 aliphatic rings. The van der Waals surface area contributed by atoms with Crippen LogP contribution in [0.3, 0.4) is 0 Å². The Bertz CT molecular complexity index is 700. The van der Waals surface area contributed by atoms with Crippen LogP contribution >= 0.6 is 15.9 Å². The number of pyridine rings is 1. The van der Waals surface area contributed by atoms with E-state index in [1.165, 1.54) is 6.20 Å². The Morgan fingerprint density at radius 1 is 1.21 bits per heavy atom. The lowest BCUT2D eigenvalue weighted by atomic mass is 10.2. The second-order valence-electron chi connectivity index (χ2n) is 4.21. The first kappa shape index (κ1) is 14.0. The Labute approximate surface area is 121 Å². The Morgan fingerprint density at radius 2 is 1.95 bits per heavy atom. The summed E-state index contributed by atoms with van der Waals surface area (Å²) in [6, 6.07) is 6.79. The van der Waals surface area contributed by atoms with Crippen LogP contribution in [0.1, 0.15) is 11.1 Å². The second-order valence-corrected chi connectivity index (χ2v) is 6.72. The molecular formula is C13H13BrN2O2S. The van der Waals surface area contributed by atoms with Gasteiger partial charge >= 0.3 is 0 Å². The van der Waals surface area contributed by atoms with Gasteiger partial charge in [0.25, 0.3) is 10.0 Å². The summed E-state index contributed by atoms with van der Waals surface area (Å²) >= 11 is 3.39. The molecule has 0 bridgehead atoms. The van der Waals surface area contributed by atoms with Crippen LogP contribution < -0.4 is 4.72 Å². The van der Waals surface area contributed by atoms with E-state index < -0.39 is 10.0 Å². The van der Waals surface area contributed by atoms with E-state index in [1.54, 1.807) is 37.4 Å². The van der Waals surface area contributed by atoms with Gasteiger partial charge in [0.2, 0.25) is 0 Å². The van der Waals surface area contributed by atoms with Crippen molar-refractivity contribution < 1.29 is 8.42 Å². The molecule has 0 spiro atoms. The van der Waals surface area contributed by atoms with Crippen LogP contribution in [0.25, 0.3) is 0 Å². The van der Waals surface area contributed by atoms with E-state index in [0.717, 1.165) is 10.0 Å². The number of anilines is 1. The Morgan fingerprint density at radius 3 is 2.58 bits per heavy atom. The fourth-order valence-corrected chi connectivity index (χ4v) is 3.49. The third-order valence-corrected chi connectivity index (χ3v) is 5.04. The second kappa shape index (κ2) is 5.30. The van der Waals surface area contributed by atoms with Crippen LogP contribution in [0.2, 0.25) is 0 Å². The fourth-order valence-electron chi connectivity index (χ4n) is 1.68. The highest BCUT2D eigenvalue weighted by molar-refractivity contribution is 9.10. The maximum absolute atomic E-state index is 12.3. The third kappa shape index (κ3) is 3.13. The SMILES string of the molecule is Cc1cc(S(=O)(=O)Nc2cccnc2)c(C)cc1Br. The van der Waals surface area contributed by atoms with E-state index in [1.807, 2.05) is 6.92 Å². The van der Waals surface area contributed by atoms with E-state index in [-0.39, 0.29) is 4.90 Å². The molecule has 0 radical (unpaired) electrons. The molecule has 2 rings (SSSR count). The summed E-state index contributed by atoms with van der Waals surface area (Å²) < 4.78 is 28.1. The van der Waals surface area contributed by atoms with Gasteiger partial charge in [-0.1, -0.05) is 15.9 Å². The molecule has 0 aliphatic heterocycles. The fraction of sp³-hybridized carbons (Fsp3) is 0.154. The van der Waals surface area contributed by atoms with Crippen LogP contribution in [-0.4, -0.2) is 13.4 Å². The molecule has 1 N–H and O–H groups in total. The maximum atomic E-state index is 12.3. The van der Waals surface area contributed by atoms with Crippen LogP contribution in [0.15, 0.2) is 46.0 Å². The van der Waals surface area contributed by atoms with E-state index >= 15 is 0 Å². The van der Waals surface area contributed by atoms with Crippen molar-refractivity contribution in [2.75, 3.05) is 4.72 Å². The molecule has 0 fully saturated rings. The number of aromatic nitrogens is 1. The Kier molecular flexibility index (Phi) is 3.91. The number of hydrogen-bond donors (Lipinski definition) is 1. The molecule has 1 aromatic heterocycles. The number of nitrogens with one attached hydrogen (secondary N) is 1. The van der Waals surface area contributed by atoms with Crippen molar-refractivity contribution in [3.05, 3.63) is 52.3 Å². The number of sulfonamides is 1. The zero-order valence-corrected chi connectivity index (χ0v) is 12.9. The molecule has 1 heterocycles. The van der Waals surface area contributed by atoms with E-state index in [4.69, 9.17) is 0 Å². The van der Waals surface area contributed by atoms with Crippen molar-refractivity contribution in [2.45, 2.75) is 18.7 Å².